The first-order valence-electron chi connectivity index (χ1n) is 8.85. The second-order valence-electron chi connectivity index (χ2n) is 7.77. The van der Waals surface area contributed by atoms with Crippen LogP contribution in [0.5, 0.6) is 0 Å². The van der Waals surface area contributed by atoms with Crippen molar-refractivity contribution in [2.75, 3.05) is 6.54 Å². The normalized spacial score (nSPS) is 35.2. The lowest BCUT2D eigenvalue weighted by Crippen LogP contribution is -2.51. The van der Waals surface area contributed by atoms with Crippen LogP contribution >= 0.6 is 12.4 Å². The molecule has 23 heavy (non-hydrogen) atoms. The number of amides is 2. The van der Waals surface area contributed by atoms with E-state index in [1.165, 1.54) is 6.42 Å². The van der Waals surface area contributed by atoms with Crippen molar-refractivity contribution < 1.29 is 9.59 Å². The fraction of sp³-hybridized carbons (Fsp3) is 0.882. The van der Waals surface area contributed by atoms with Gasteiger partial charge in [0.2, 0.25) is 11.8 Å². The lowest BCUT2D eigenvalue weighted by molar-refractivity contribution is -0.131. The van der Waals surface area contributed by atoms with Crippen LogP contribution in [0.15, 0.2) is 0 Å². The Labute approximate surface area is 144 Å². The van der Waals surface area contributed by atoms with Crippen molar-refractivity contribution in [3.05, 3.63) is 0 Å². The molecule has 6 heteroatoms. The fourth-order valence-corrected chi connectivity index (χ4v) is 4.97. The van der Waals surface area contributed by atoms with Crippen LogP contribution in [-0.2, 0) is 9.59 Å². The molecular weight excluding hydrogens is 314 g/mol. The first-order chi connectivity index (χ1) is 10.5. The number of carbonyl (C=O) groups excluding carboxylic acids is 2. The molecule has 2 amide bonds. The molecule has 3 saturated carbocycles. The zero-order chi connectivity index (χ0) is 15.7. The minimum Gasteiger partial charge on any atom is -0.369 e. The number of hydrogen-bond donors (Lipinski definition) is 3. The third-order valence-corrected chi connectivity index (χ3v) is 6.47. The summed E-state index contributed by atoms with van der Waals surface area (Å²) in [6.45, 7) is 0.416. The molecule has 132 valence electrons. The lowest BCUT2D eigenvalue weighted by Gasteiger charge is -2.43. The Bertz CT molecular complexity index is 437. The van der Waals surface area contributed by atoms with Crippen LogP contribution in [0, 0.1) is 23.2 Å². The molecule has 0 aliphatic heterocycles. The first kappa shape index (κ1) is 18.5. The first-order valence-corrected chi connectivity index (χ1v) is 8.85. The monoisotopic (exact) mass is 343 g/mol. The van der Waals surface area contributed by atoms with Gasteiger partial charge in [0, 0.05) is 18.5 Å². The Balaban J connectivity index is 0.00000192. The molecule has 3 aliphatic carbocycles. The number of primary amides is 1. The molecular formula is C17H30ClN3O2. The average Bonchev–Trinajstić information content (AvgIpc) is 2.94. The zero-order valence-electron chi connectivity index (χ0n) is 13.8. The summed E-state index contributed by atoms with van der Waals surface area (Å²) in [6.07, 6.45) is 9.07. The van der Waals surface area contributed by atoms with Gasteiger partial charge in [-0.25, -0.2) is 0 Å². The summed E-state index contributed by atoms with van der Waals surface area (Å²) < 4.78 is 0. The van der Waals surface area contributed by atoms with Crippen LogP contribution in [0.3, 0.4) is 0 Å². The van der Waals surface area contributed by atoms with E-state index in [1.54, 1.807) is 0 Å². The molecule has 0 spiro atoms. The van der Waals surface area contributed by atoms with Gasteiger partial charge in [-0.3, -0.25) is 9.59 Å². The van der Waals surface area contributed by atoms with Gasteiger partial charge in [-0.15, -0.1) is 12.4 Å². The molecule has 3 fully saturated rings. The number of nitrogens with one attached hydrogen (secondary N) is 1. The van der Waals surface area contributed by atoms with Gasteiger partial charge in [0.1, 0.15) is 0 Å². The fourth-order valence-electron chi connectivity index (χ4n) is 4.97. The molecule has 5 N–H and O–H groups in total. The highest BCUT2D eigenvalue weighted by Gasteiger charge is 2.43. The maximum atomic E-state index is 12.6. The van der Waals surface area contributed by atoms with Gasteiger partial charge in [-0.1, -0.05) is 19.3 Å². The van der Waals surface area contributed by atoms with Crippen molar-refractivity contribution in [2.45, 2.75) is 63.8 Å². The van der Waals surface area contributed by atoms with E-state index in [4.69, 9.17) is 11.5 Å². The Morgan fingerprint density at radius 2 is 1.61 bits per heavy atom. The third-order valence-electron chi connectivity index (χ3n) is 6.47. The highest BCUT2D eigenvalue weighted by atomic mass is 35.5. The van der Waals surface area contributed by atoms with Crippen LogP contribution in [0.4, 0.5) is 0 Å². The smallest absolute Gasteiger partial charge is 0.225 e. The number of fused-ring (bicyclic) bond motifs is 2. The molecule has 2 bridgehead atoms. The van der Waals surface area contributed by atoms with E-state index in [9.17, 15) is 9.59 Å². The highest BCUT2D eigenvalue weighted by Crippen LogP contribution is 2.42. The van der Waals surface area contributed by atoms with E-state index >= 15 is 0 Å². The van der Waals surface area contributed by atoms with E-state index in [2.05, 4.69) is 5.32 Å². The second-order valence-corrected chi connectivity index (χ2v) is 7.77. The summed E-state index contributed by atoms with van der Waals surface area (Å²) in [7, 11) is 0. The van der Waals surface area contributed by atoms with Gasteiger partial charge < -0.3 is 16.8 Å². The van der Waals surface area contributed by atoms with Gasteiger partial charge >= 0.3 is 0 Å². The predicted octanol–water partition coefficient (Wildman–Crippen LogP) is 1.72. The SMILES string of the molecule is Cl.NC(=O)C1(CNC(=O)C2CC3CCCC(C2)C3N)CCCC1. The third kappa shape index (κ3) is 3.66. The van der Waals surface area contributed by atoms with E-state index in [1.807, 2.05) is 0 Å². The van der Waals surface area contributed by atoms with Gasteiger partial charge in [0.25, 0.3) is 0 Å². The topological polar surface area (TPSA) is 98.2 Å². The standard InChI is InChI=1S/C17H29N3O2.ClH/c18-14-11-4-3-5-12(14)9-13(8-11)15(21)20-10-17(16(19)22)6-1-2-7-17;/h11-14H,1-10,18H2,(H2,19,22)(H,20,21);1H. The van der Waals surface area contributed by atoms with Crippen molar-refractivity contribution in [1.82, 2.24) is 5.32 Å². The van der Waals surface area contributed by atoms with E-state index in [0.29, 0.717) is 18.4 Å². The van der Waals surface area contributed by atoms with Crippen LogP contribution in [-0.4, -0.2) is 24.4 Å². The Hall–Kier alpha value is -0.810. The molecule has 3 aliphatic rings. The summed E-state index contributed by atoms with van der Waals surface area (Å²) in [5.41, 5.74) is 11.4. The van der Waals surface area contributed by atoms with Crippen molar-refractivity contribution in [3.8, 4) is 0 Å². The average molecular weight is 344 g/mol. The predicted molar refractivity (Wildman–Crippen MR) is 91.9 cm³/mol. The van der Waals surface area contributed by atoms with Gasteiger partial charge in [-0.2, -0.15) is 0 Å². The molecule has 0 radical (unpaired) electrons. The molecule has 2 unspecified atom stereocenters. The molecule has 0 saturated heterocycles. The van der Waals surface area contributed by atoms with Crippen molar-refractivity contribution in [3.63, 3.8) is 0 Å². The lowest BCUT2D eigenvalue weighted by atomic mass is 9.65. The maximum absolute atomic E-state index is 12.6. The second kappa shape index (κ2) is 7.39. The van der Waals surface area contributed by atoms with Gasteiger partial charge in [0.15, 0.2) is 0 Å². The van der Waals surface area contributed by atoms with Crippen LogP contribution in [0.1, 0.15) is 57.8 Å². The quantitative estimate of drug-likeness (QED) is 0.724. The Morgan fingerprint density at radius 3 is 2.13 bits per heavy atom. The van der Waals surface area contributed by atoms with Gasteiger partial charge in [0.05, 0.1) is 5.41 Å². The molecule has 0 aromatic rings. The van der Waals surface area contributed by atoms with Crippen LogP contribution in [0.25, 0.3) is 0 Å². The van der Waals surface area contributed by atoms with Crippen molar-refractivity contribution >= 4 is 24.2 Å². The van der Waals surface area contributed by atoms with Gasteiger partial charge in [-0.05, 0) is 50.4 Å². The molecule has 5 nitrogen and oxygen atoms in total. The van der Waals surface area contributed by atoms with Crippen molar-refractivity contribution in [1.29, 1.82) is 0 Å². The minimum absolute atomic E-state index is 0. The summed E-state index contributed by atoms with van der Waals surface area (Å²) in [6, 6.07) is 0.282. The summed E-state index contributed by atoms with van der Waals surface area (Å²) in [5.74, 6) is 0.922. The summed E-state index contributed by atoms with van der Waals surface area (Å²) >= 11 is 0. The molecule has 2 atom stereocenters. The minimum atomic E-state index is -0.503. The molecule has 0 aromatic heterocycles. The number of nitrogens with two attached hydrogens (primary N) is 2. The summed E-state index contributed by atoms with van der Waals surface area (Å²) in [5, 5.41) is 3.04. The molecule has 3 rings (SSSR count). The largest absolute Gasteiger partial charge is 0.369 e. The zero-order valence-corrected chi connectivity index (χ0v) is 14.6. The number of rotatable bonds is 4. The highest BCUT2D eigenvalue weighted by molar-refractivity contribution is 5.85. The van der Waals surface area contributed by atoms with Crippen LogP contribution < -0.4 is 16.8 Å². The number of hydrogen-bond acceptors (Lipinski definition) is 3. The van der Waals surface area contributed by atoms with E-state index in [-0.39, 0.29) is 36.2 Å². The Morgan fingerprint density at radius 1 is 1.04 bits per heavy atom. The van der Waals surface area contributed by atoms with E-state index < -0.39 is 5.41 Å². The number of carbonyl (C=O) groups is 2. The Kier molecular flexibility index (Phi) is 5.95. The van der Waals surface area contributed by atoms with Crippen molar-refractivity contribution in [2.24, 2.45) is 34.6 Å². The number of halogens is 1. The van der Waals surface area contributed by atoms with E-state index in [0.717, 1.165) is 51.4 Å². The summed E-state index contributed by atoms with van der Waals surface area (Å²) in [4.78, 5) is 24.3. The molecule has 0 aromatic carbocycles. The molecule has 0 heterocycles. The van der Waals surface area contributed by atoms with Crippen LogP contribution in [0.2, 0.25) is 0 Å². The maximum Gasteiger partial charge on any atom is 0.225 e.